The maximum atomic E-state index is 10.2. The van der Waals surface area contributed by atoms with Gasteiger partial charge in [0.05, 0.1) is 0 Å². The molecule has 1 aliphatic rings. The summed E-state index contributed by atoms with van der Waals surface area (Å²) >= 11 is 0. The first-order valence-electron chi connectivity index (χ1n) is 8.29. The topological polar surface area (TPSA) is 44.7 Å². The fourth-order valence-corrected chi connectivity index (χ4v) is 2.68. The van der Waals surface area contributed by atoms with E-state index in [0.29, 0.717) is 13.2 Å². The molecule has 1 aromatic carbocycles. The molecule has 0 saturated carbocycles. The quantitative estimate of drug-likeness (QED) is 0.873. The fraction of sp³-hybridized carbons (Fsp3) is 0.667. The summed E-state index contributed by atoms with van der Waals surface area (Å²) in [6.07, 6.45) is 0.697. The average molecular weight is 306 g/mol. The summed E-state index contributed by atoms with van der Waals surface area (Å²) in [7, 11) is 0. The van der Waals surface area contributed by atoms with Crippen LogP contribution in [0.15, 0.2) is 24.3 Å². The van der Waals surface area contributed by atoms with Gasteiger partial charge in [0.2, 0.25) is 0 Å². The normalized spacial score (nSPS) is 18.7. The van der Waals surface area contributed by atoms with Crippen molar-refractivity contribution in [3.63, 3.8) is 0 Å². The van der Waals surface area contributed by atoms with E-state index in [-0.39, 0.29) is 5.41 Å². The first-order valence-corrected chi connectivity index (χ1v) is 8.29. The number of benzene rings is 1. The van der Waals surface area contributed by atoms with E-state index in [9.17, 15) is 5.11 Å². The van der Waals surface area contributed by atoms with Crippen LogP contribution in [0.3, 0.4) is 0 Å². The van der Waals surface area contributed by atoms with Crippen molar-refractivity contribution in [3.05, 3.63) is 29.8 Å². The third-order valence-electron chi connectivity index (χ3n) is 4.06. The lowest BCUT2D eigenvalue weighted by Gasteiger charge is -2.23. The molecule has 124 valence electrons. The largest absolute Gasteiger partial charge is 0.491 e. The zero-order chi connectivity index (χ0) is 16.0. The van der Waals surface area contributed by atoms with Crippen LogP contribution < -0.4 is 10.1 Å². The highest BCUT2D eigenvalue weighted by Crippen LogP contribution is 2.24. The summed E-state index contributed by atoms with van der Waals surface area (Å²) in [4.78, 5) is 2.30. The number of rotatable bonds is 5. The van der Waals surface area contributed by atoms with E-state index in [4.69, 9.17) is 4.74 Å². The molecule has 4 heteroatoms. The van der Waals surface area contributed by atoms with Crippen LogP contribution in [0.4, 0.5) is 0 Å². The van der Waals surface area contributed by atoms with Crippen LogP contribution in [0.25, 0.3) is 0 Å². The maximum Gasteiger partial charge on any atom is 0.119 e. The fourth-order valence-electron chi connectivity index (χ4n) is 2.68. The minimum Gasteiger partial charge on any atom is -0.491 e. The van der Waals surface area contributed by atoms with Gasteiger partial charge in [0.25, 0.3) is 0 Å². The smallest absolute Gasteiger partial charge is 0.119 e. The van der Waals surface area contributed by atoms with Gasteiger partial charge in [0.1, 0.15) is 18.5 Å². The van der Waals surface area contributed by atoms with Crippen molar-refractivity contribution in [2.24, 2.45) is 0 Å². The van der Waals surface area contributed by atoms with E-state index in [1.54, 1.807) is 0 Å². The van der Waals surface area contributed by atoms with Gasteiger partial charge in [-0.15, -0.1) is 0 Å². The van der Waals surface area contributed by atoms with Gasteiger partial charge in [-0.25, -0.2) is 0 Å². The Morgan fingerprint density at radius 3 is 2.59 bits per heavy atom. The highest BCUT2D eigenvalue weighted by atomic mass is 16.5. The van der Waals surface area contributed by atoms with E-state index in [2.05, 4.69) is 43.1 Å². The van der Waals surface area contributed by atoms with Gasteiger partial charge in [-0.1, -0.05) is 32.9 Å². The van der Waals surface area contributed by atoms with Gasteiger partial charge in [-0.2, -0.15) is 0 Å². The van der Waals surface area contributed by atoms with Gasteiger partial charge < -0.3 is 15.2 Å². The molecule has 2 rings (SSSR count). The second-order valence-electron chi connectivity index (χ2n) is 7.14. The average Bonchev–Trinajstić information content (AvgIpc) is 2.73. The van der Waals surface area contributed by atoms with Crippen molar-refractivity contribution in [3.8, 4) is 5.75 Å². The summed E-state index contributed by atoms with van der Waals surface area (Å²) in [6.45, 7) is 11.7. The highest BCUT2D eigenvalue weighted by molar-refractivity contribution is 5.31. The molecule has 1 unspecified atom stereocenters. The van der Waals surface area contributed by atoms with Crippen LogP contribution >= 0.6 is 0 Å². The molecule has 1 heterocycles. The minimum atomic E-state index is -0.444. The van der Waals surface area contributed by atoms with Crippen molar-refractivity contribution >= 4 is 0 Å². The molecule has 0 radical (unpaired) electrons. The van der Waals surface area contributed by atoms with Crippen LogP contribution in [-0.4, -0.2) is 55.4 Å². The van der Waals surface area contributed by atoms with Gasteiger partial charge in [-0.05, 0) is 42.6 Å². The molecular formula is C18H30N2O2. The van der Waals surface area contributed by atoms with Gasteiger partial charge in [0.15, 0.2) is 0 Å². The zero-order valence-corrected chi connectivity index (χ0v) is 14.1. The Kier molecular flexibility index (Phi) is 6.24. The predicted molar refractivity (Wildman–Crippen MR) is 90.6 cm³/mol. The predicted octanol–water partition coefficient (Wildman–Crippen LogP) is 2.02. The molecule has 4 nitrogen and oxygen atoms in total. The monoisotopic (exact) mass is 306 g/mol. The lowest BCUT2D eigenvalue weighted by molar-refractivity contribution is 0.0703. The van der Waals surface area contributed by atoms with Crippen LogP contribution in [0.2, 0.25) is 0 Å². The van der Waals surface area contributed by atoms with Gasteiger partial charge >= 0.3 is 0 Å². The SMILES string of the molecule is CC(C)(C)c1ccc(OCC(O)CN2CCCNCC2)cc1. The molecule has 1 atom stereocenters. The molecule has 1 aliphatic heterocycles. The molecule has 0 aromatic heterocycles. The molecule has 0 spiro atoms. The maximum absolute atomic E-state index is 10.2. The number of nitrogens with zero attached hydrogens (tertiary/aromatic N) is 1. The Hall–Kier alpha value is -1.10. The summed E-state index contributed by atoms with van der Waals surface area (Å²) in [5, 5.41) is 13.5. The summed E-state index contributed by atoms with van der Waals surface area (Å²) < 4.78 is 5.72. The van der Waals surface area contributed by atoms with Crippen LogP contribution in [0.1, 0.15) is 32.8 Å². The number of aliphatic hydroxyl groups is 1. The number of nitrogens with one attached hydrogen (secondary N) is 1. The van der Waals surface area contributed by atoms with Crippen molar-refractivity contribution in [2.45, 2.75) is 38.7 Å². The molecule has 0 aliphatic carbocycles. The Morgan fingerprint density at radius 1 is 1.18 bits per heavy atom. The van der Waals surface area contributed by atoms with Crippen LogP contribution in [0, 0.1) is 0 Å². The first kappa shape index (κ1) is 17.3. The summed E-state index contributed by atoms with van der Waals surface area (Å²) in [5.74, 6) is 0.824. The molecular weight excluding hydrogens is 276 g/mol. The zero-order valence-electron chi connectivity index (χ0n) is 14.1. The molecule has 0 bridgehead atoms. The highest BCUT2D eigenvalue weighted by Gasteiger charge is 2.15. The first-order chi connectivity index (χ1) is 10.4. The summed E-state index contributed by atoms with van der Waals surface area (Å²) in [6, 6.07) is 8.18. The lowest BCUT2D eigenvalue weighted by Crippen LogP contribution is -2.37. The second kappa shape index (κ2) is 7.95. The van der Waals surface area contributed by atoms with Gasteiger partial charge in [-0.3, -0.25) is 4.90 Å². The number of hydrogen-bond acceptors (Lipinski definition) is 4. The molecule has 22 heavy (non-hydrogen) atoms. The second-order valence-corrected chi connectivity index (χ2v) is 7.14. The van der Waals surface area contributed by atoms with Crippen molar-refractivity contribution < 1.29 is 9.84 Å². The molecule has 1 aromatic rings. The Morgan fingerprint density at radius 2 is 1.91 bits per heavy atom. The van der Waals surface area contributed by atoms with Crippen molar-refractivity contribution in [2.75, 3.05) is 39.3 Å². The Balaban J connectivity index is 1.77. The third kappa shape index (κ3) is 5.59. The van der Waals surface area contributed by atoms with Crippen LogP contribution in [-0.2, 0) is 5.41 Å². The Bertz CT molecular complexity index is 431. The van der Waals surface area contributed by atoms with Crippen molar-refractivity contribution in [1.82, 2.24) is 10.2 Å². The van der Waals surface area contributed by atoms with Gasteiger partial charge in [0, 0.05) is 19.6 Å². The molecule has 0 amide bonds. The number of aliphatic hydroxyl groups excluding tert-OH is 1. The third-order valence-corrected chi connectivity index (χ3v) is 4.06. The molecule has 1 fully saturated rings. The van der Waals surface area contributed by atoms with E-state index in [1.165, 1.54) is 5.56 Å². The minimum absolute atomic E-state index is 0.152. The number of hydrogen-bond donors (Lipinski definition) is 2. The Labute approximate surface area is 134 Å². The van der Waals surface area contributed by atoms with E-state index in [1.807, 2.05) is 12.1 Å². The van der Waals surface area contributed by atoms with E-state index < -0.39 is 6.10 Å². The standard InChI is InChI=1S/C18H30N2O2/c1-18(2,3)15-5-7-17(8-6-15)22-14-16(21)13-20-11-4-9-19-10-12-20/h5-8,16,19,21H,4,9-14H2,1-3H3. The van der Waals surface area contributed by atoms with Crippen molar-refractivity contribution in [1.29, 1.82) is 0 Å². The molecule has 2 N–H and O–H groups in total. The molecule has 1 saturated heterocycles. The van der Waals surface area contributed by atoms with E-state index >= 15 is 0 Å². The van der Waals surface area contributed by atoms with E-state index in [0.717, 1.165) is 38.3 Å². The lowest BCUT2D eigenvalue weighted by atomic mass is 9.87. The van der Waals surface area contributed by atoms with Crippen LogP contribution in [0.5, 0.6) is 5.75 Å². The summed E-state index contributed by atoms with van der Waals surface area (Å²) in [5.41, 5.74) is 1.44. The number of β-amino-alcohol motifs (C(OH)–C–C–N with tert-alkyl or cyclic N) is 1. The number of ether oxygens (including phenoxy) is 1.